The monoisotopic (exact) mass is 236 g/mol. The molecule has 0 saturated carbocycles. The van der Waals surface area contributed by atoms with Gasteiger partial charge in [0.1, 0.15) is 11.9 Å². The molecule has 1 fully saturated rings. The van der Waals surface area contributed by atoms with Gasteiger partial charge in [0.15, 0.2) is 0 Å². The molecule has 0 aliphatic carbocycles. The van der Waals surface area contributed by atoms with Gasteiger partial charge in [0.05, 0.1) is 26.7 Å². The first-order valence-electron chi connectivity index (χ1n) is 5.68. The van der Waals surface area contributed by atoms with E-state index in [1.165, 1.54) is 0 Å². The summed E-state index contributed by atoms with van der Waals surface area (Å²) in [5, 5.41) is 0. The van der Waals surface area contributed by atoms with Crippen molar-refractivity contribution in [2.24, 2.45) is 0 Å². The highest BCUT2D eigenvalue weighted by molar-refractivity contribution is 5.72. The molecule has 1 atom stereocenters. The zero-order chi connectivity index (χ0) is 12.1. The fourth-order valence-electron chi connectivity index (χ4n) is 1.74. The molecule has 0 amide bonds. The van der Waals surface area contributed by atoms with E-state index in [-0.39, 0.29) is 12.1 Å². The van der Waals surface area contributed by atoms with Crippen LogP contribution in [0.5, 0.6) is 5.75 Å². The largest absolute Gasteiger partial charge is 0.497 e. The van der Waals surface area contributed by atoms with Crippen molar-refractivity contribution in [1.29, 1.82) is 0 Å². The summed E-state index contributed by atoms with van der Waals surface area (Å²) in [4.78, 5) is 11.6. The Kier molecular flexibility index (Phi) is 3.98. The molecule has 17 heavy (non-hydrogen) atoms. The predicted molar refractivity (Wildman–Crippen MR) is 62.0 cm³/mol. The highest BCUT2D eigenvalue weighted by Crippen LogP contribution is 2.13. The Bertz CT molecular complexity index is 366. The molecule has 4 nitrogen and oxygen atoms in total. The van der Waals surface area contributed by atoms with Gasteiger partial charge in [-0.1, -0.05) is 12.1 Å². The maximum Gasteiger partial charge on any atom is 0.310 e. The second kappa shape index (κ2) is 5.68. The van der Waals surface area contributed by atoms with E-state index in [0.29, 0.717) is 19.6 Å². The van der Waals surface area contributed by atoms with E-state index in [1.54, 1.807) is 7.11 Å². The summed E-state index contributed by atoms with van der Waals surface area (Å²) in [5.41, 5.74) is 0.926. The van der Waals surface area contributed by atoms with Gasteiger partial charge in [-0.05, 0) is 17.7 Å². The van der Waals surface area contributed by atoms with Crippen LogP contribution in [0.15, 0.2) is 24.3 Å². The molecule has 1 aliphatic heterocycles. The maximum absolute atomic E-state index is 11.6. The first kappa shape index (κ1) is 11.9. The second-order valence-electron chi connectivity index (χ2n) is 4.00. The van der Waals surface area contributed by atoms with Crippen LogP contribution in [0, 0.1) is 0 Å². The summed E-state index contributed by atoms with van der Waals surface area (Å²) in [6.07, 6.45) is 1.02. The summed E-state index contributed by atoms with van der Waals surface area (Å²) in [6.45, 7) is 1.20. The lowest BCUT2D eigenvalue weighted by atomic mass is 10.1. The molecule has 2 rings (SSSR count). The van der Waals surface area contributed by atoms with Gasteiger partial charge in [0, 0.05) is 6.42 Å². The van der Waals surface area contributed by atoms with Crippen molar-refractivity contribution in [3.63, 3.8) is 0 Å². The Morgan fingerprint density at radius 1 is 1.41 bits per heavy atom. The first-order valence-corrected chi connectivity index (χ1v) is 5.68. The van der Waals surface area contributed by atoms with Crippen molar-refractivity contribution in [2.45, 2.75) is 18.9 Å². The van der Waals surface area contributed by atoms with E-state index in [0.717, 1.165) is 17.7 Å². The maximum atomic E-state index is 11.6. The number of methoxy groups -OCH3 is 1. The van der Waals surface area contributed by atoms with Gasteiger partial charge in [0.2, 0.25) is 0 Å². The average molecular weight is 236 g/mol. The number of benzene rings is 1. The summed E-state index contributed by atoms with van der Waals surface area (Å²) >= 11 is 0. The number of esters is 1. The van der Waals surface area contributed by atoms with Gasteiger partial charge in [-0.25, -0.2) is 0 Å². The van der Waals surface area contributed by atoms with E-state index in [1.807, 2.05) is 24.3 Å². The molecule has 1 aromatic carbocycles. The van der Waals surface area contributed by atoms with E-state index in [9.17, 15) is 4.79 Å². The van der Waals surface area contributed by atoms with E-state index in [2.05, 4.69) is 0 Å². The van der Waals surface area contributed by atoms with Crippen LogP contribution in [-0.4, -0.2) is 32.4 Å². The predicted octanol–water partition coefficient (Wildman–Crippen LogP) is 1.57. The van der Waals surface area contributed by atoms with Crippen LogP contribution in [0.2, 0.25) is 0 Å². The van der Waals surface area contributed by atoms with Gasteiger partial charge >= 0.3 is 5.97 Å². The molecule has 1 aromatic rings. The zero-order valence-electron chi connectivity index (χ0n) is 9.85. The van der Waals surface area contributed by atoms with Gasteiger partial charge in [-0.3, -0.25) is 4.79 Å². The molecule has 1 saturated heterocycles. The minimum atomic E-state index is -0.203. The molecular formula is C13H16O4. The molecule has 4 heteroatoms. The lowest BCUT2D eigenvalue weighted by Gasteiger charge is -2.10. The second-order valence-corrected chi connectivity index (χ2v) is 4.00. The van der Waals surface area contributed by atoms with Gasteiger partial charge in [-0.15, -0.1) is 0 Å². The molecule has 0 unspecified atom stereocenters. The van der Waals surface area contributed by atoms with Crippen LogP contribution in [0.3, 0.4) is 0 Å². The van der Waals surface area contributed by atoms with Crippen LogP contribution in [0.1, 0.15) is 12.0 Å². The smallest absolute Gasteiger partial charge is 0.310 e. The average Bonchev–Trinajstić information content (AvgIpc) is 2.82. The molecular weight excluding hydrogens is 220 g/mol. The van der Waals surface area contributed by atoms with Crippen molar-refractivity contribution in [3.8, 4) is 5.75 Å². The highest BCUT2D eigenvalue weighted by atomic mass is 16.6. The molecule has 0 aromatic heterocycles. The Hall–Kier alpha value is -1.55. The number of ether oxygens (including phenoxy) is 3. The summed E-state index contributed by atoms with van der Waals surface area (Å²) < 4.78 is 15.5. The molecule has 0 bridgehead atoms. The van der Waals surface area contributed by atoms with Crippen molar-refractivity contribution >= 4 is 5.97 Å². The molecule has 1 heterocycles. The Balaban J connectivity index is 1.84. The molecule has 92 valence electrons. The van der Waals surface area contributed by atoms with Crippen molar-refractivity contribution < 1.29 is 19.0 Å². The SMILES string of the molecule is COc1ccc(CC(=O)O[C@H]2CCOC2)cc1. The number of carbonyl (C=O) groups is 1. The van der Waals surface area contributed by atoms with Gasteiger partial charge < -0.3 is 14.2 Å². The van der Waals surface area contributed by atoms with Crippen molar-refractivity contribution in [2.75, 3.05) is 20.3 Å². The number of rotatable bonds is 4. The van der Waals surface area contributed by atoms with E-state index >= 15 is 0 Å². The minimum Gasteiger partial charge on any atom is -0.497 e. The van der Waals surface area contributed by atoms with E-state index in [4.69, 9.17) is 14.2 Å². The van der Waals surface area contributed by atoms with Crippen molar-refractivity contribution in [3.05, 3.63) is 29.8 Å². The normalized spacial score (nSPS) is 19.0. The third-order valence-electron chi connectivity index (χ3n) is 2.69. The topological polar surface area (TPSA) is 44.8 Å². The minimum absolute atomic E-state index is 0.0688. The zero-order valence-corrected chi connectivity index (χ0v) is 9.85. The lowest BCUT2D eigenvalue weighted by Crippen LogP contribution is -2.19. The van der Waals surface area contributed by atoms with Gasteiger partial charge in [-0.2, -0.15) is 0 Å². The van der Waals surface area contributed by atoms with Crippen LogP contribution >= 0.6 is 0 Å². The third-order valence-corrected chi connectivity index (χ3v) is 2.69. The summed E-state index contributed by atoms with van der Waals surface area (Å²) in [5.74, 6) is 0.581. The summed E-state index contributed by atoms with van der Waals surface area (Å²) in [7, 11) is 1.61. The first-order chi connectivity index (χ1) is 8.28. The highest BCUT2D eigenvalue weighted by Gasteiger charge is 2.19. The van der Waals surface area contributed by atoms with Crippen LogP contribution in [-0.2, 0) is 20.7 Å². The Morgan fingerprint density at radius 3 is 2.76 bits per heavy atom. The standard InChI is InChI=1S/C13H16O4/c1-15-11-4-2-10(3-5-11)8-13(14)17-12-6-7-16-9-12/h2-5,12H,6-9H2,1H3/t12-/m0/s1. The number of hydrogen-bond donors (Lipinski definition) is 0. The van der Waals surface area contributed by atoms with Crippen LogP contribution in [0.4, 0.5) is 0 Å². The molecule has 0 radical (unpaired) electrons. The fourth-order valence-corrected chi connectivity index (χ4v) is 1.74. The van der Waals surface area contributed by atoms with Crippen molar-refractivity contribution in [1.82, 2.24) is 0 Å². The van der Waals surface area contributed by atoms with Gasteiger partial charge in [0.25, 0.3) is 0 Å². The molecule has 0 spiro atoms. The van der Waals surface area contributed by atoms with Crippen LogP contribution in [0.25, 0.3) is 0 Å². The number of hydrogen-bond acceptors (Lipinski definition) is 4. The van der Waals surface area contributed by atoms with E-state index < -0.39 is 0 Å². The quantitative estimate of drug-likeness (QED) is 0.744. The Labute approximate surface area is 100 Å². The molecule has 1 aliphatic rings. The fraction of sp³-hybridized carbons (Fsp3) is 0.462. The molecule has 0 N–H and O–H groups in total. The summed E-state index contributed by atoms with van der Waals surface area (Å²) in [6, 6.07) is 7.40. The lowest BCUT2D eigenvalue weighted by molar-refractivity contribution is -0.148. The van der Waals surface area contributed by atoms with Crippen LogP contribution < -0.4 is 4.74 Å². The number of carbonyl (C=O) groups excluding carboxylic acids is 1. The Morgan fingerprint density at radius 2 is 2.18 bits per heavy atom. The third kappa shape index (κ3) is 3.46.